The van der Waals surface area contributed by atoms with Gasteiger partial charge in [-0.15, -0.1) is 0 Å². The van der Waals surface area contributed by atoms with E-state index < -0.39 is 0 Å². The van der Waals surface area contributed by atoms with Gasteiger partial charge in [-0.25, -0.2) is 4.57 Å². The highest BCUT2D eigenvalue weighted by molar-refractivity contribution is 5.12. The van der Waals surface area contributed by atoms with Crippen molar-refractivity contribution in [1.29, 1.82) is 0 Å². The van der Waals surface area contributed by atoms with Gasteiger partial charge < -0.3 is 24.0 Å². The molecule has 0 N–H and O–H groups in total. The molecule has 0 saturated carbocycles. The lowest BCUT2D eigenvalue weighted by molar-refractivity contribution is -0.694. The molecule has 15 heavy (non-hydrogen) atoms. The van der Waals surface area contributed by atoms with Gasteiger partial charge >= 0.3 is 0 Å². The Kier molecular flexibility index (Phi) is 4.99. The van der Waals surface area contributed by atoms with Gasteiger partial charge in [0.15, 0.2) is 12.4 Å². The van der Waals surface area contributed by atoms with E-state index in [-0.39, 0.29) is 24.0 Å². The van der Waals surface area contributed by atoms with Gasteiger partial charge in [-0.3, -0.25) is 4.90 Å². The molecule has 0 radical (unpaired) electrons. The van der Waals surface area contributed by atoms with Crippen molar-refractivity contribution in [3.8, 4) is 0 Å². The lowest BCUT2D eigenvalue weighted by Gasteiger charge is -2.18. The van der Waals surface area contributed by atoms with Crippen molar-refractivity contribution in [3.63, 3.8) is 0 Å². The SMILES string of the molecule is CC[n+]1cccc(C2CCCN2C)c1.[I-]. The largest absolute Gasteiger partial charge is 1.00 e. The molecule has 1 fully saturated rings. The lowest BCUT2D eigenvalue weighted by atomic mass is 10.1. The zero-order valence-electron chi connectivity index (χ0n) is 9.49. The van der Waals surface area contributed by atoms with E-state index in [0.29, 0.717) is 6.04 Å². The standard InChI is InChI=1S/C12H19N2.HI/c1-3-14-9-4-6-11(10-14)12-7-5-8-13(12)2;/h4,6,9-10,12H,3,5,7-8H2,1-2H3;1H/q+1;/p-1. The third kappa shape index (κ3) is 2.91. The molecule has 0 aliphatic carbocycles. The summed E-state index contributed by atoms with van der Waals surface area (Å²) in [7, 11) is 2.22. The van der Waals surface area contributed by atoms with E-state index in [2.05, 4.69) is 48.0 Å². The normalized spacial score (nSPS) is 21.3. The first-order valence-electron chi connectivity index (χ1n) is 5.50. The topological polar surface area (TPSA) is 7.12 Å². The minimum Gasteiger partial charge on any atom is -1.00 e. The molecular weight excluding hydrogens is 299 g/mol. The molecule has 0 amide bonds. The van der Waals surface area contributed by atoms with Crippen LogP contribution < -0.4 is 28.5 Å². The number of likely N-dealkylation sites (tertiary alicyclic amines) is 1. The summed E-state index contributed by atoms with van der Waals surface area (Å²) < 4.78 is 2.25. The average molecular weight is 318 g/mol. The number of nitrogens with zero attached hydrogens (tertiary/aromatic N) is 2. The highest BCUT2D eigenvalue weighted by atomic mass is 127. The Morgan fingerprint density at radius 3 is 2.93 bits per heavy atom. The van der Waals surface area contributed by atoms with Crippen LogP contribution in [-0.2, 0) is 6.54 Å². The summed E-state index contributed by atoms with van der Waals surface area (Å²) in [5.74, 6) is 0. The lowest BCUT2D eigenvalue weighted by Crippen LogP contribution is -3.00. The van der Waals surface area contributed by atoms with E-state index in [1.807, 2.05) is 0 Å². The van der Waals surface area contributed by atoms with Gasteiger partial charge in [-0.2, -0.15) is 0 Å². The van der Waals surface area contributed by atoms with Crippen LogP contribution in [0.15, 0.2) is 24.5 Å². The highest BCUT2D eigenvalue weighted by Crippen LogP contribution is 2.29. The Hall–Kier alpha value is -0.160. The minimum atomic E-state index is 0. The first kappa shape index (κ1) is 12.9. The van der Waals surface area contributed by atoms with Crippen molar-refractivity contribution in [2.45, 2.75) is 32.4 Å². The summed E-state index contributed by atoms with van der Waals surface area (Å²) in [6.45, 7) is 4.48. The second kappa shape index (κ2) is 5.80. The van der Waals surface area contributed by atoms with Crippen LogP contribution >= 0.6 is 0 Å². The van der Waals surface area contributed by atoms with Crippen LogP contribution in [0.4, 0.5) is 0 Å². The minimum absolute atomic E-state index is 0. The van der Waals surface area contributed by atoms with E-state index >= 15 is 0 Å². The molecule has 2 nitrogen and oxygen atoms in total. The third-order valence-corrected chi connectivity index (χ3v) is 3.15. The van der Waals surface area contributed by atoms with Crippen molar-refractivity contribution in [2.24, 2.45) is 0 Å². The number of rotatable bonds is 2. The van der Waals surface area contributed by atoms with E-state index in [1.165, 1.54) is 24.9 Å². The van der Waals surface area contributed by atoms with Crippen molar-refractivity contribution in [3.05, 3.63) is 30.1 Å². The van der Waals surface area contributed by atoms with Crippen LogP contribution in [-0.4, -0.2) is 18.5 Å². The van der Waals surface area contributed by atoms with Crippen LogP contribution in [0.25, 0.3) is 0 Å². The molecule has 2 rings (SSSR count). The van der Waals surface area contributed by atoms with Gasteiger partial charge in [-0.1, -0.05) is 0 Å². The quantitative estimate of drug-likeness (QED) is 0.489. The summed E-state index contributed by atoms with van der Waals surface area (Å²) in [6.07, 6.45) is 7.07. The van der Waals surface area contributed by atoms with Crippen LogP contribution in [0.3, 0.4) is 0 Å². The van der Waals surface area contributed by atoms with Crippen LogP contribution in [0.1, 0.15) is 31.4 Å². The monoisotopic (exact) mass is 318 g/mol. The fourth-order valence-corrected chi connectivity index (χ4v) is 2.27. The summed E-state index contributed by atoms with van der Waals surface area (Å²) in [4.78, 5) is 2.45. The molecule has 1 unspecified atom stereocenters. The molecule has 1 aliphatic heterocycles. The summed E-state index contributed by atoms with van der Waals surface area (Å²) in [5.41, 5.74) is 1.47. The van der Waals surface area contributed by atoms with Crippen LogP contribution in [0, 0.1) is 0 Å². The second-order valence-electron chi connectivity index (χ2n) is 4.11. The maximum Gasteiger partial charge on any atom is 0.173 e. The van der Waals surface area contributed by atoms with E-state index in [1.54, 1.807) is 0 Å². The molecule has 1 atom stereocenters. The summed E-state index contributed by atoms with van der Waals surface area (Å²) >= 11 is 0. The number of pyridine rings is 1. The van der Waals surface area contributed by atoms with E-state index in [4.69, 9.17) is 0 Å². The molecule has 2 heterocycles. The maximum absolute atomic E-state index is 2.45. The third-order valence-electron chi connectivity index (χ3n) is 3.15. The first-order chi connectivity index (χ1) is 6.81. The Bertz CT molecular complexity index is 314. The Morgan fingerprint density at radius 2 is 2.33 bits per heavy atom. The number of hydrogen-bond donors (Lipinski definition) is 0. The predicted octanol–water partition coefficient (Wildman–Crippen LogP) is -1.24. The van der Waals surface area contributed by atoms with Crippen molar-refractivity contribution >= 4 is 0 Å². The fourth-order valence-electron chi connectivity index (χ4n) is 2.27. The van der Waals surface area contributed by atoms with E-state index in [9.17, 15) is 0 Å². The van der Waals surface area contributed by atoms with Gasteiger partial charge in [0.05, 0.1) is 0 Å². The molecule has 1 aliphatic rings. The molecule has 0 aromatic carbocycles. The fraction of sp³-hybridized carbons (Fsp3) is 0.583. The van der Waals surface area contributed by atoms with Gasteiger partial charge in [0.25, 0.3) is 0 Å². The molecule has 1 aromatic rings. The molecule has 1 saturated heterocycles. The van der Waals surface area contributed by atoms with Crippen molar-refractivity contribution < 1.29 is 28.5 Å². The number of hydrogen-bond acceptors (Lipinski definition) is 1. The van der Waals surface area contributed by atoms with Crippen LogP contribution in [0.2, 0.25) is 0 Å². The highest BCUT2D eigenvalue weighted by Gasteiger charge is 2.23. The molecular formula is C12H19IN2. The number of aryl methyl sites for hydroxylation is 1. The molecule has 84 valence electrons. The molecule has 0 spiro atoms. The molecule has 1 aromatic heterocycles. The van der Waals surface area contributed by atoms with Gasteiger partial charge in [0.2, 0.25) is 0 Å². The average Bonchev–Trinajstić information content (AvgIpc) is 2.65. The zero-order valence-corrected chi connectivity index (χ0v) is 11.6. The first-order valence-corrected chi connectivity index (χ1v) is 5.50. The van der Waals surface area contributed by atoms with Gasteiger partial charge in [0.1, 0.15) is 6.54 Å². The van der Waals surface area contributed by atoms with Gasteiger partial charge in [-0.05, 0) is 39.4 Å². The Balaban J connectivity index is 0.00000112. The molecule has 3 heteroatoms. The zero-order chi connectivity index (χ0) is 9.97. The molecule has 0 bridgehead atoms. The predicted molar refractivity (Wildman–Crippen MR) is 56.9 cm³/mol. The second-order valence-corrected chi connectivity index (χ2v) is 4.11. The number of aromatic nitrogens is 1. The van der Waals surface area contributed by atoms with E-state index in [0.717, 1.165) is 6.54 Å². The summed E-state index contributed by atoms with van der Waals surface area (Å²) in [5, 5.41) is 0. The Labute approximate surface area is 109 Å². The maximum atomic E-state index is 2.45. The smallest absolute Gasteiger partial charge is 0.173 e. The summed E-state index contributed by atoms with van der Waals surface area (Å²) in [6, 6.07) is 5.05. The van der Waals surface area contributed by atoms with Crippen molar-refractivity contribution in [2.75, 3.05) is 13.6 Å². The van der Waals surface area contributed by atoms with Crippen LogP contribution in [0.5, 0.6) is 0 Å². The number of halogens is 1. The van der Waals surface area contributed by atoms with Gasteiger partial charge in [0, 0.05) is 17.7 Å². The van der Waals surface area contributed by atoms with Crippen molar-refractivity contribution in [1.82, 2.24) is 4.90 Å². The Morgan fingerprint density at radius 1 is 1.53 bits per heavy atom.